The SMILES string of the molecule is CCC1(CC)CCN(S(=O)(=O)c2ccc(CNC)o2)CC1. The van der Waals surface area contributed by atoms with Gasteiger partial charge in [-0.25, -0.2) is 8.42 Å². The molecule has 1 saturated heterocycles. The van der Waals surface area contributed by atoms with E-state index in [4.69, 9.17) is 4.42 Å². The van der Waals surface area contributed by atoms with Gasteiger partial charge in [0.1, 0.15) is 5.76 Å². The lowest BCUT2D eigenvalue weighted by Gasteiger charge is -2.40. The molecule has 21 heavy (non-hydrogen) atoms. The molecule has 1 N–H and O–H groups in total. The second kappa shape index (κ2) is 6.50. The Morgan fingerprint density at radius 1 is 1.24 bits per heavy atom. The monoisotopic (exact) mass is 314 g/mol. The van der Waals surface area contributed by atoms with E-state index in [1.165, 1.54) is 0 Å². The average molecular weight is 314 g/mol. The number of hydrogen-bond donors (Lipinski definition) is 1. The van der Waals surface area contributed by atoms with E-state index in [1.807, 2.05) is 0 Å². The Hall–Kier alpha value is -0.850. The predicted octanol–water partition coefficient (Wildman–Crippen LogP) is 2.59. The highest BCUT2D eigenvalue weighted by atomic mass is 32.2. The second-order valence-corrected chi connectivity index (χ2v) is 7.73. The van der Waals surface area contributed by atoms with Crippen LogP contribution in [0.5, 0.6) is 0 Å². The minimum absolute atomic E-state index is 0.0632. The fourth-order valence-electron chi connectivity index (χ4n) is 3.05. The van der Waals surface area contributed by atoms with E-state index in [0.717, 1.165) is 25.7 Å². The van der Waals surface area contributed by atoms with Gasteiger partial charge < -0.3 is 9.73 Å². The molecule has 0 spiro atoms. The third kappa shape index (κ3) is 3.33. The Morgan fingerprint density at radius 2 is 1.86 bits per heavy atom. The Bertz CT molecular complexity index is 551. The Morgan fingerprint density at radius 3 is 2.38 bits per heavy atom. The maximum atomic E-state index is 12.6. The zero-order valence-electron chi connectivity index (χ0n) is 13.2. The van der Waals surface area contributed by atoms with Crippen molar-refractivity contribution in [3.63, 3.8) is 0 Å². The highest BCUT2D eigenvalue weighted by Crippen LogP contribution is 2.39. The summed E-state index contributed by atoms with van der Waals surface area (Å²) in [5, 5.41) is 3.02. The van der Waals surface area contributed by atoms with Gasteiger partial charge in [-0.05, 0) is 37.4 Å². The Labute approximate surface area is 127 Å². The number of furan rings is 1. The molecule has 0 saturated carbocycles. The summed E-state index contributed by atoms with van der Waals surface area (Å²) in [4.78, 5) is 0. The number of hydrogen-bond acceptors (Lipinski definition) is 4. The van der Waals surface area contributed by atoms with Crippen molar-refractivity contribution < 1.29 is 12.8 Å². The van der Waals surface area contributed by atoms with Gasteiger partial charge in [0.2, 0.25) is 5.09 Å². The van der Waals surface area contributed by atoms with Gasteiger partial charge in [-0.3, -0.25) is 0 Å². The minimum Gasteiger partial charge on any atom is -0.447 e. The van der Waals surface area contributed by atoms with Gasteiger partial charge in [-0.15, -0.1) is 0 Å². The van der Waals surface area contributed by atoms with Crippen molar-refractivity contribution in [2.45, 2.75) is 51.2 Å². The number of piperidine rings is 1. The average Bonchev–Trinajstić information content (AvgIpc) is 2.97. The van der Waals surface area contributed by atoms with Crippen molar-refractivity contribution in [1.82, 2.24) is 9.62 Å². The molecule has 0 radical (unpaired) electrons. The van der Waals surface area contributed by atoms with Gasteiger partial charge in [-0.1, -0.05) is 26.7 Å². The summed E-state index contributed by atoms with van der Waals surface area (Å²) in [5.41, 5.74) is 0.312. The first-order chi connectivity index (χ1) is 9.97. The second-order valence-electron chi connectivity index (χ2n) is 5.86. The molecule has 5 nitrogen and oxygen atoms in total. The first-order valence-corrected chi connectivity index (χ1v) is 9.15. The molecule has 0 atom stereocenters. The summed E-state index contributed by atoms with van der Waals surface area (Å²) >= 11 is 0. The van der Waals surface area contributed by atoms with E-state index in [2.05, 4.69) is 19.2 Å². The van der Waals surface area contributed by atoms with Gasteiger partial charge in [0.15, 0.2) is 0 Å². The molecule has 0 aliphatic carbocycles. The third-order valence-electron chi connectivity index (χ3n) is 4.87. The van der Waals surface area contributed by atoms with Crippen molar-refractivity contribution in [2.75, 3.05) is 20.1 Å². The smallest absolute Gasteiger partial charge is 0.276 e. The fraction of sp³-hybridized carbons (Fsp3) is 0.733. The van der Waals surface area contributed by atoms with E-state index < -0.39 is 10.0 Å². The topological polar surface area (TPSA) is 62.6 Å². The zero-order chi connectivity index (χ0) is 15.5. The van der Waals surface area contributed by atoms with Gasteiger partial charge in [-0.2, -0.15) is 4.31 Å². The van der Waals surface area contributed by atoms with Crippen LogP contribution < -0.4 is 5.32 Å². The van der Waals surface area contributed by atoms with E-state index in [1.54, 1.807) is 23.5 Å². The summed E-state index contributed by atoms with van der Waals surface area (Å²) in [5.74, 6) is 0.643. The lowest BCUT2D eigenvalue weighted by atomic mass is 9.75. The lowest BCUT2D eigenvalue weighted by Crippen LogP contribution is -2.42. The molecule has 0 aromatic carbocycles. The highest BCUT2D eigenvalue weighted by molar-refractivity contribution is 7.89. The first-order valence-electron chi connectivity index (χ1n) is 7.71. The minimum atomic E-state index is -3.49. The Kier molecular flexibility index (Phi) is 5.11. The van der Waals surface area contributed by atoms with Crippen molar-refractivity contribution in [3.8, 4) is 0 Å². The van der Waals surface area contributed by atoms with Crippen molar-refractivity contribution in [2.24, 2.45) is 5.41 Å². The van der Waals surface area contributed by atoms with Crippen LogP contribution in [0.1, 0.15) is 45.3 Å². The molecule has 0 amide bonds. The zero-order valence-corrected chi connectivity index (χ0v) is 14.0. The molecule has 1 aliphatic heterocycles. The van der Waals surface area contributed by atoms with Crippen LogP contribution in [-0.2, 0) is 16.6 Å². The summed E-state index contributed by atoms with van der Waals surface area (Å²) in [6.07, 6.45) is 4.10. The van der Waals surface area contributed by atoms with Gasteiger partial charge in [0, 0.05) is 13.1 Å². The van der Waals surface area contributed by atoms with Crippen LogP contribution in [0.25, 0.3) is 0 Å². The van der Waals surface area contributed by atoms with Gasteiger partial charge in [0.25, 0.3) is 10.0 Å². The normalized spacial score (nSPS) is 19.8. The maximum absolute atomic E-state index is 12.6. The number of sulfonamides is 1. The standard InChI is InChI=1S/C15H26N2O3S/c1-4-15(5-2)8-10-17(11-9-15)21(18,19)14-7-6-13(20-14)12-16-3/h6-7,16H,4-5,8-12H2,1-3H3. The molecule has 0 bridgehead atoms. The molecular formula is C15H26N2O3S. The van der Waals surface area contributed by atoms with Crippen LogP contribution >= 0.6 is 0 Å². The van der Waals surface area contributed by atoms with Crippen molar-refractivity contribution in [1.29, 1.82) is 0 Å². The van der Waals surface area contributed by atoms with Gasteiger partial charge >= 0.3 is 0 Å². The summed E-state index contributed by atoms with van der Waals surface area (Å²) < 4.78 is 32.2. The van der Waals surface area contributed by atoms with E-state index in [-0.39, 0.29) is 5.09 Å². The van der Waals surface area contributed by atoms with Crippen LogP contribution in [0.4, 0.5) is 0 Å². The summed E-state index contributed by atoms with van der Waals surface area (Å²) in [6.45, 7) is 6.11. The third-order valence-corrected chi connectivity index (χ3v) is 6.64. The first kappa shape index (κ1) is 16.5. The lowest BCUT2D eigenvalue weighted by molar-refractivity contribution is 0.140. The van der Waals surface area contributed by atoms with E-state index in [0.29, 0.717) is 30.8 Å². The van der Waals surface area contributed by atoms with Crippen LogP contribution in [0.15, 0.2) is 21.6 Å². The molecule has 1 fully saturated rings. The predicted molar refractivity (Wildman–Crippen MR) is 82.5 cm³/mol. The molecule has 2 rings (SSSR count). The molecule has 120 valence electrons. The van der Waals surface area contributed by atoms with Crippen LogP contribution in [0, 0.1) is 5.41 Å². The molecule has 6 heteroatoms. The number of rotatable bonds is 6. The number of nitrogens with zero attached hydrogens (tertiary/aromatic N) is 1. The molecule has 1 aromatic heterocycles. The molecule has 2 heterocycles. The highest BCUT2D eigenvalue weighted by Gasteiger charge is 2.37. The Balaban J connectivity index is 2.10. The molecular weight excluding hydrogens is 288 g/mol. The van der Waals surface area contributed by atoms with Crippen molar-refractivity contribution >= 4 is 10.0 Å². The van der Waals surface area contributed by atoms with Crippen LogP contribution in [0.2, 0.25) is 0 Å². The number of nitrogens with one attached hydrogen (secondary N) is 1. The summed E-state index contributed by atoms with van der Waals surface area (Å²) in [6, 6.07) is 3.28. The van der Waals surface area contributed by atoms with E-state index >= 15 is 0 Å². The van der Waals surface area contributed by atoms with Crippen LogP contribution in [-0.4, -0.2) is 32.9 Å². The largest absolute Gasteiger partial charge is 0.447 e. The van der Waals surface area contributed by atoms with Gasteiger partial charge in [0.05, 0.1) is 6.54 Å². The van der Waals surface area contributed by atoms with Crippen LogP contribution in [0.3, 0.4) is 0 Å². The summed E-state index contributed by atoms with van der Waals surface area (Å²) in [7, 11) is -1.69. The quantitative estimate of drug-likeness (QED) is 0.876. The van der Waals surface area contributed by atoms with Crippen molar-refractivity contribution in [3.05, 3.63) is 17.9 Å². The fourth-order valence-corrected chi connectivity index (χ4v) is 4.42. The maximum Gasteiger partial charge on any atom is 0.276 e. The van der Waals surface area contributed by atoms with E-state index in [9.17, 15) is 8.42 Å². The molecule has 1 aliphatic rings. The molecule has 1 aromatic rings. The molecule has 0 unspecified atom stereocenters.